The van der Waals surface area contributed by atoms with Crippen molar-refractivity contribution in [2.75, 3.05) is 11.6 Å². The van der Waals surface area contributed by atoms with Crippen molar-refractivity contribution >= 4 is 17.9 Å². The smallest absolute Gasteiger partial charge is 0.336 e. The summed E-state index contributed by atoms with van der Waals surface area (Å²) >= 11 is 0. The van der Waals surface area contributed by atoms with Crippen molar-refractivity contribution in [3.05, 3.63) is 42.0 Å². The summed E-state index contributed by atoms with van der Waals surface area (Å²) in [6.45, 7) is 2.69. The number of amides is 2. The van der Waals surface area contributed by atoms with Crippen LogP contribution in [-0.4, -0.2) is 23.9 Å². The fourth-order valence-corrected chi connectivity index (χ4v) is 2.36. The molecule has 0 aromatic heterocycles. The Hall–Kier alpha value is -2.30. The largest absolute Gasteiger partial charge is 0.342 e. The molecule has 5 nitrogen and oxygen atoms in total. The van der Waals surface area contributed by atoms with Gasteiger partial charge < -0.3 is 5.32 Å². The molecule has 0 spiro atoms. The van der Waals surface area contributed by atoms with E-state index in [1.807, 2.05) is 43.3 Å². The number of rotatable bonds is 2. The molecule has 0 saturated carbocycles. The summed E-state index contributed by atoms with van der Waals surface area (Å²) in [5.41, 5.74) is 1.99. The van der Waals surface area contributed by atoms with Crippen molar-refractivity contribution in [3.63, 3.8) is 0 Å². The van der Waals surface area contributed by atoms with E-state index in [4.69, 9.17) is 0 Å². The van der Waals surface area contributed by atoms with Crippen LogP contribution < -0.4 is 10.3 Å². The fourth-order valence-electron chi connectivity index (χ4n) is 2.36. The first kappa shape index (κ1) is 11.8. The topological polar surface area (TPSA) is 47.9 Å². The first-order valence-corrected chi connectivity index (χ1v) is 6.49. The number of urea groups is 1. The summed E-state index contributed by atoms with van der Waals surface area (Å²) in [6.07, 6.45) is 6.56. The van der Waals surface area contributed by atoms with Crippen molar-refractivity contribution in [2.24, 2.45) is 5.10 Å². The maximum absolute atomic E-state index is 12.3. The Labute approximate surface area is 112 Å². The maximum Gasteiger partial charge on any atom is 0.342 e. The predicted molar refractivity (Wildman–Crippen MR) is 74.8 cm³/mol. The van der Waals surface area contributed by atoms with Gasteiger partial charge in [-0.25, -0.2) is 4.79 Å². The Kier molecular flexibility index (Phi) is 2.95. The van der Waals surface area contributed by atoms with Gasteiger partial charge in [0, 0.05) is 18.3 Å². The Morgan fingerprint density at radius 3 is 3.11 bits per heavy atom. The zero-order valence-corrected chi connectivity index (χ0v) is 10.8. The number of benzene rings is 1. The van der Waals surface area contributed by atoms with Crippen LogP contribution in [0.3, 0.4) is 0 Å². The maximum atomic E-state index is 12.3. The van der Waals surface area contributed by atoms with Gasteiger partial charge in [0.15, 0.2) is 0 Å². The molecule has 2 aliphatic rings. The quantitative estimate of drug-likeness (QED) is 0.883. The standard InChI is InChI=1S/C14H16N4O/c1-2-9-15-14(19)17-12-7-4-3-6-11(12)13-8-5-10-16-18(13)17/h3-8,10,13H,2,9H2,1H3,(H,15,19). The zero-order chi connectivity index (χ0) is 13.2. The Balaban J connectivity index is 1.97. The van der Waals surface area contributed by atoms with Gasteiger partial charge in [0.1, 0.15) is 6.04 Å². The van der Waals surface area contributed by atoms with Crippen LogP contribution in [0.25, 0.3) is 0 Å². The van der Waals surface area contributed by atoms with Gasteiger partial charge in [0.2, 0.25) is 0 Å². The second kappa shape index (κ2) is 4.76. The summed E-state index contributed by atoms with van der Waals surface area (Å²) in [7, 11) is 0. The summed E-state index contributed by atoms with van der Waals surface area (Å²) in [6, 6.07) is 7.77. The zero-order valence-electron chi connectivity index (χ0n) is 10.8. The number of fused-ring (bicyclic) bond motifs is 3. The van der Waals surface area contributed by atoms with E-state index in [0.717, 1.165) is 17.7 Å². The van der Waals surface area contributed by atoms with Crippen LogP contribution in [0, 0.1) is 0 Å². The molecule has 1 aromatic rings. The van der Waals surface area contributed by atoms with E-state index in [9.17, 15) is 4.79 Å². The number of carbonyl (C=O) groups is 1. The minimum absolute atomic E-state index is 0.00794. The van der Waals surface area contributed by atoms with Gasteiger partial charge in [0.25, 0.3) is 0 Å². The lowest BCUT2D eigenvalue weighted by molar-refractivity contribution is 0.207. The highest BCUT2D eigenvalue weighted by atomic mass is 16.2. The molecule has 2 aliphatic heterocycles. The molecule has 5 heteroatoms. The molecule has 2 amide bonds. The van der Waals surface area contributed by atoms with Gasteiger partial charge in [-0.05, 0) is 18.6 Å². The normalized spacial score (nSPS) is 19.3. The number of hydrogen-bond donors (Lipinski definition) is 1. The van der Waals surface area contributed by atoms with E-state index >= 15 is 0 Å². The Bertz CT molecular complexity index is 552. The second-order valence-corrected chi connectivity index (χ2v) is 4.52. The van der Waals surface area contributed by atoms with Crippen molar-refractivity contribution < 1.29 is 4.79 Å². The lowest BCUT2D eigenvalue weighted by atomic mass is 10.1. The van der Waals surface area contributed by atoms with Crippen LogP contribution in [-0.2, 0) is 0 Å². The molecule has 1 unspecified atom stereocenters. The van der Waals surface area contributed by atoms with Crippen LogP contribution in [0.2, 0.25) is 0 Å². The van der Waals surface area contributed by atoms with E-state index in [1.54, 1.807) is 16.3 Å². The number of allylic oxidation sites excluding steroid dienone is 1. The van der Waals surface area contributed by atoms with Gasteiger partial charge in [0.05, 0.1) is 5.69 Å². The lowest BCUT2D eigenvalue weighted by Gasteiger charge is -2.29. The molecule has 98 valence electrons. The molecule has 3 rings (SSSR count). The van der Waals surface area contributed by atoms with Gasteiger partial charge >= 0.3 is 6.03 Å². The number of anilines is 1. The third kappa shape index (κ3) is 1.87. The van der Waals surface area contributed by atoms with E-state index in [1.165, 1.54) is 0 Å². The van der Waals surface area contributed by atoms with Crippen LogP contribution in [0.5, 0.6) is 0 Å². The van der Waals surface area contributed by atoms with Crippen LogP contribution in [0.1, 0.15) is 24.9 Å². The Morgan fingerprint density at radius 1 is 1.42 bits per heavy atom. The van der Waals surface area contributed by atoms with Crippen LogP contribution in [0.15, 0.2) is 41.5 Å². The van der Waals surface area contributed by atoms with Crippen molar-refractivity contribution in [3.8, 4) is 0 Å². The number of nitrogens with one attached hydrogen (secondary N) is 1. The molecule has 0 saturated heterocycles. The SMILES string of the molecule is CCCNC(=O)N1c2ccccc2C2C=CC=NN21. The first-order chi connectivity index (χ1) is 9.33. The van der Waals surface area contributed by atoms with Crippen LogP contribution in [0.4, 0.5) is 10.5 Å². The van der Waals surface area contributed by atoms with Gasteiger partial charge in [-0.1, -0.05) is 31.2 Å². The molecule has 2 heterocycles. The third-order valence-corrected chi connectivity index (χ3v) is 3.22. The highest BCUT2D eigenvalue weighted by Gasteiger charge is 2.38. The molecule has 1 N–H and O–H groups in total. The third-order valence-electron chi connectivity index (χ3n) is 3.22. The Morgan fingerprint density at radius 2 is 2.26 bits per heavy atom. The molecule has 1 aromatic carbocycles. The minimum atomic E-state index is -0.135. The molecule has 0 fully saturated rings. The molecular formula is C14H16N4O. The monoisotopic (exact) mass is 256 g/mol. The molecule has 0 radical (unpaired) electrons. The van der Waals surface area contributed by atoms with Gasteiger partial charge in [-0.3, -0.25) is 0 Å². The summed E-state index contributed by atoms with van der Waals surface area (Å²) in [5.74, 6) is 0. The molecule has 0 bridgehead atoms. The number of carbonyl (C=O) groups excluding carboxylic acids is 1. The van der Waals surface area contributed by atoms with Gasteiger partial charge in [-0.2, -0.15) is 15.2 Å². The number of para-hydroxylation sites is 1. The first-order valence-electron chi connectivity index (χ1n) is 6.49. The van der Waals surface area contributed by atoms with E-state index in [0.29, 0.717) is 6.54 Å². The number of hydrogen-bond acceptors (Lipinski definition) is 3. The second-order valence-electron chi connectivity index (χ2n) is 4.52. The van der Waals surface area contributed by atoms with Crippen LogP contribution >= 0.6 is 0 Å². The number of hydrazine groups is 1. The molecular weight excluding hydrogens is 240 g/mol. The highest BCUT2D eigenvalue weighted by Crippen LogP contribution is 2.41. The molecule has 19 heavy (non-hydrogen) atoms. The fraction of sp³-hybridized carbons (Fsp3) is 0.286. The molecule has 0 aliphatic carbocycles. The average Bonchev–Trinajstić information content (AvgIpc) is 2.79. The predicted octanol–water partition coefficient (Wildman–Crippen LogP) is 2.44. The summed E-state index contributed by atoms with van der Waals surface area (Å²) in [4.78, 5) is 12.3. The van der Waals surface area contributed by atoms with Crippen molar-refractivity contribution in [1.29, 1.82) is 0 Å². The number of nitrogens with zero attached hydrogens (tertiary/aromatic N) is 3. The highest BCUT2D eigenvalue weighted by molar-refractivity contribution is 5.94. The van der Waals surface area contributed by atoms with E-state index < -0.39 is 0 Å². The van der Waals surface area contributed by atoms with E-state index in [2.05, 4.69) is 10.4 Å². The average molecular weight is 256 g/mol. The summed E-state index contributed by atoms with van der Waals surface area (Å²) < 4.78 is 0. The van der Waals surface area contributed by atoms with E-state index in [-0.39, 0.29) is 12.1 Å². The van der Waals surface area contributed by atoms with Gasteiger partial charge in [-0.15, -0.1) is 0 Å². The lowest BCUT2D eigenvalue weighted by Crippen LogP contribution is -2.47. The molecule has 1 atom stereocenters. The minimum Gasteiger partial charge on any atom is -0.336 e. The summed E-state index contributed by atoms with van der Waals surface area (Å²) in [5, 5.41) is 10.5. The number of hydrazone groups is 1. The van der Waals surface area contributed by atoms with Crippen molar-refractivity contribution in [1.82, 2.24) is 10.4 Å². The van der Waals surface area contributed by atoms with Crippen molar-refractivity contribution in [2.45, 2.75) is 19.4 Å².